The lowest BCUT2D eigenvalue weighted by Crippen LogP contribution is -2.40. The van der Waals surface area contributed by atoms with Crippen LogP contribution in [0.2, 0.25) is 0 Å². The SMILES string of the molecule is COc1ccc(C(CNC(=O)c2cn(C)c3ccccc23)N2CCCCC2)cc1. The summed E-state index contributed by atoms with van der Waals surface area (Å²) in [6.45, 7) is 2.73. The number of carbonyl (C=O) groups is 1. The third kappa shape index (κ3) is 4.15. The van der Waals surface area contributed by atoms with Crippen molar-refractivity contribution >= 4 is 16.8 Å². The molecular weight excluding hydrogens is 362 g/mol. The molecule has 0 bridgehead atoms. The van der Waals surface area contributed by atoms with Crippen LogP contribution in [-0.2, 0) is 7.05 Å². The van der Waals surface area contributed by atoms with E-state index in [0.29, 0.717) is 6.54 Å². The maximum Gasteiger partial charge on any atom is 0.253 e. The van der Waals surface area contributed by atoms with Crippen molar-refractivity contribution in [3.05, 3.63) is 65.9 Å². The molecule has 2 heterocycles. The molecule has 1 atom stereocenters. The Kier molecular flexibility index (Phi) is 5.86. The maximum atomic E-state index is 13.0. The number of benzene rings is 2. The van der Waals surface area contributed by atoms with E-state index in [1.165, 1.54) is 24.8 Å². The number of fused-ring (bicyclic) bond motifs is 1. The molecule has 1 aliphatic rings. The first kappa shape index (κ1) is 19.5. The van der Waals surface area contributed by atoms with Crippen LogP contribution in [0, 0.1) is 0 Å². The summed E-state index contributed by atoms with van der Waals surface area (Å²) >= 11 is 0. The van der Waals surface area contributed by atoms with Gasteiger partial charge < -0.3 is 14.6 Å². The van der Waals surface area contributed by atoms with Gasteiger partial charge in [-0.2, -0.15) is 0 Å². The first-order valence-electron chi connectivity index (χ1n) is 10.4. The minimum Gasteiger partial charge on any atom is -0.497 e. The van der Waals surface area contributed by atoms with Crippen LogP contribution in [0.1, 0.15) is 41.2 Å². The minimum absolute atomic E-state index is 0.0164. The molecule has 0 aliphatic carbocycles. The molecule has 0 saturated carbocycles. The lowest BCUT2D eigenvalue weighted by Gasteiger charge is -2.35. The van der Waals surface area contributed by atoms with Gasteiger partial charge in [-0.05, 0) is 49.7 Å². The Balaban J connectivity index is 1.54. The number of rotatable bonds is 6. The Morgan fingerprint density at radius 2 is 1.79 bits per heavy atom. The molecule has 1 aliphatic heterocycles. The molecule has 4 rings (SSSR count). The third-order valence-electron chi connectivity index (χ3n) is 5.93. The van der Waals surface area contributed by atoms with Gasteiger partial charge in [-0.3, -0.25) is 9.69 Å². The molecular formula is C24H29N3O2. The van der Waals surface area contributed by atoms with Gasteiger partial charge in [0.2, 0.25) is 0 Å². The maximum absolute atomic E-state index is 13.0. The van der Waals surface area contributed by atoms with Crippen LogP contribution in [0.25, 0.3) is 10.9 Å². The molecule has 29 heavy (non-hydrogen) atoms. The van der Waals surface area contributed by atoms with E-state index in [9.17, 15) is 4.79 Å². The number of nitrogens with zero attached hydrogens (tertiary/aromatic N) is 2. The number of aromatic nitrogens is 1. The van der Waals surface area contributed by atoms with Gasteiger partial charge in [0.15, 0.2) is 0 Å². The van der Waals surface area contributed by atoms with Gasteiger partial charge in [0.05, 0.1) is 18.7 Å². The number of piperidine rings is 1. The van der Waals surface area contributed by atoms with Crippen LogP contribution < -0.4 is 10.1 Å². The number of likely N-dealkylation sites (tertiary alicyclic amines) is 1. The fourth-order valence-electron chi connectivity index (χ4n) is 4.32. The molecule has 1 fully saturated rings. The average molecular weight is 392 g/mol. The second kappa shape index (κ2) is 8.70. The molecule has 0 radical (unpaired) electrons. The highest BCUT2D eigenvalue weighted by atomic mass is 16.5. The second-order valence-corrected chi connectivity index (χ2v) is 7.77. The molecule has 1 N–H and O–H groups in total. The summed E-state index contributed by atoms with van der Waals surface area (Å²) in [7, 11) is 3.66. The number of hydrogen-bond acceptors (Lipinski definition) is 3. The number of amides is 1. The number of nitrogens with one attached hydrogen (secondary N) is 1. The summed E-state index contributed by atoms with van der Waals surface area (Å²) in [4.78, 5) is 15.5. The van der Waals surface area contributed by atoms with Crippen molar-refractivity contribution in [2.45, 2.75) is 25.3 Å². The zero-order valence-corrected chi connectivity index (χ0v) is 17.2. The highest BCUT2D eigenvalue weighted by Gasteiger charge is 2.24. The number of ether oxygens (including phenoxy) is 1. The largest absolute Gasteiger partial charge is 0.497 e. The number of para-hydroxylation sites is 1. The van der Waals surface area contributed by atoms with Crippen molar-refractivity contribution in [1.29, 1.82) is 0 Å². The topological polar surface area (TPSA) is 46.5 Å². The van der Waals surface area contributed by atoms with Gasteiger partial charge in [-0.25, -0.2) is 0 Å². The van der Waals surface area contributed by atoms with E-state index in [0.717, 1.165) is 35.3 Å². The van der Waals surface area contributed by atoms with Crippen LogP contribution in [0.3, 0.4) is 0 Å². The van der Waals surface area contributed by atoms with Gasteiger partial charge in [0, 0.05) is 30.7 Å². The molecule has 5 heteroatoms. The van der Waals surface area contributed by atoms with Gasteiger partial charge in [-0.1, -0.05) is 36.8 Å². The highest BCUT2D eigenvalue weighted by molar-refractivity contribution is 6.06. The van der Waals surface area contributed by atoms with Crippen molar-refractivity contribution < 1.29 is 9.53 Å². The fraction of sp³-hybridized carbons (Fsp3) is 0.375. The van der Waals surface area contributed by atoms with Crippen molar-refractivity contribution in [2.75, 3.05) is 26.7 Å². The number of methoxy groups -OCH3 is 1. The first-order chi connectivity index (χ1) is 14.2. The van der Waals surface area contributed by atoms with E-state index < -0.39 is 0 Å². The molecule has 1 saturated heterocycles. The smallest absolute Gasteiger partial charge is 0.253 e. The Morgan fingerprint density at radius 1 is 1.07 bits per heavy atom. The Bertz CT molecular complexity index is 971. The zero-order valence-electron chi connectivity index (χ0n) is 17.2. The summed E-state index contributed by atoms with van der Waals surface area (Å²) in [6, 6.07) is 16.4. The average Bonchev–Trinajstić information content (AvgIpc) is 3.12. The molecule has 1 aromatic heterocycles. The van der Waals surface area contributed by atoms with Crippen LogP contribution >= 0.6 is 0 Å². The van der Waals surface area contributed by atoms with Crippen molar-refractivity contribution in [2.24, 2.45) is 7.05 Å². The molecule has 2 aromatic carbocycles. The summed E-state index contributed by atoms with van der Waals surface area (Å²) in [5, 5.41) is 4.20. The Morgan fingerprint density at radius 3 is 2.52 bits per heavy atom. The Labute approximate surface area is 172 Å². The van der Waals surface area contributed by atoms with Crippen molar-refractivity contribution in [1.82, 2.24) is 14.8 Å². The normalized spacial score (nSPS) is 15.9. The van der Waals surface area contributed by atoms with Crippen LogP contribution in [-0.4, -0.2) is 42.1 Å². The predicted octanol–water partition coefficient (Wildman–Crippen LogP) is 4.14. The molecule has 5 nitrogen and oxygen atoms in total. The molecule has 1 amide bonds. The van der Waals surface area contributed by atoms with E-state index in [1.54, 1.807) is 7.11 Å². The van der Waals surface area contributed by atoms with Gasteiger partial charge in [0.25, 0.3) is 5.91 Å². The Hall–Kier alpha value is -2.79. The minimum atomic E-state index is -0.0164. The van der Waals surface area contributed by atoms with Crippen molar-refractivity contribution in [3.8, 4) is 5.75 Å². The molecule has 3 aromatic rings. The van der Waals surface area contributed by atoms with Gasteiger partial charge in [-0.15, -0.1) is 0 Å². The van der Waals surface area contributed by atoms with Crippen LogP contribution in [0.5, 0.6) is 5.75 Å². The highest BCUT2D eigenvalue weighted by Crippen LogP contribution is 2.26. The standard InChI is InChI=1S/C24H29N3O2/c1-26-17-21(20-8-4-5-9-22(20)26)24(28)25-16-23(27-14-6-3-7-15-27)18-10-12-19(29-2)13-11-18/h4-5,8-13,17,23H,3,6-7,14-16H2,1-2H3,(H,25,28). The monoisotopic (exact) mass is 391 g/mol. The van der Waals surface area contributed by atoms with E-state index in [2.05, 4.69) is 22.3 Å². The van der Waals surface area contributed by atoms with Crippen LogP contribution in [0.15, 0.2) is 54.7 Å². The fourth-order valence-corrected chi connectivity index (χ4v) is 4.32. The molecule has 152 valence electrons. The quantitative estimate of drug-likeness (QED) is 0.687. The number of aryl methyl sites for hydroxylation is 1. The second-order valence-electron chi connectivity index (χ2n) is 7.77. The third-order valence-corrected chi connectivity index (χ3v) is 5.93. The van der Waals surface area contributed by atoms with E-state index >= 15 is 0 Å². The molecule has 0 spiro atoms. The summed E-state index contributed by atoms with van der Waals surface area (Å²) in [5.74, 6) is 0.836. The number of hydrogen-bond donors (Lipinski definition) is 1. The zero-order chi connectivity index (χ0) is 20.2. The number of carbonyl (C=O) groups excluding carboxylic acids is 1. The summed E-state index contributed by atoms with van der Waals surface area (Å²) in [6.07, 6.45) is 5.63. The van der Waals surface area contributed by atoms with E-state index in [1.807, 2.05) is 54.2 Å². The lowest BCUT2D eigenvalue weighted by atomic mass is 10.0. The van der Waals surface area contributed by atoms with Crippen molar-refractivity contribution in [3.63, 3.8) is 0 Å². The lowest BCUT2D eigenvalue weighted by molar-refractivity contribution is 0.0926. The summed E-state index contributed by atoms with van der Waals surface area (Å²) < 4.78 is 7.32. The predicted molar refractivity (Wildman–Crippen MR) is 116 cm³/mol. The van der Waals surface area contributed by atoms with E-state index in [-0.39, 0.29) is 11.9 Å². The van der Waals surface area contributed by atoms with E-state index in [4.69, 9.17) is 4.74 Å². The van der Waals surface area contributed by atoms with Gasteiger partial charge >= 0.3 is 0 Å². The molecule has 1 unspecified atom stereocenters. The van der Waals surface area contributed by atoms with Crippen LogP contribution in [0.4, 0.5) is 0 Å². The summed E-state index contributed by atoms with van der Waals surface area (Å²) in [5.41, 5.74) is 3.02. The van der Waals surface area contributed by atoms with Gasteiger partial charge in [0.1, 0.15) is 5.75 Å². The first-order valence-corrected chi connectivity index (χ1v) is 10.4.